The fourth-order valence-corrected chi connectivity index (χ4v) is 1.82. The van der Waals surface area contributed by atoms with Crippen molar-refractivity contribution in [1.29, 1.82) is 0 Å². The fraction of sp³-hybridized carbons (Fsp3) is 0.176. The fourth-order valence-electron chi connectivity index (χ4n) is 1.82. The molecule has 2 N–H and O–H groups in total. The molecule has 0 radical (unpaired) electrons. The van der Waals surface area contributed by atoms with E-state index in [1.54, 1.807) is 19.2 Å². The Morgan fingerprint density at radius 2 is 1.95 bits per heavy atom. The topological polar surface area (TPSA) is 44.5 Å². The van der Waals surface area contributed by atoms with Gasteiger partial charge in [0.2, 0.25) is 0 Å². The second-order valence-electron chi connectivity index (χ2n) is 4.32. The number of hydrogen-bond acceptors (Lipinski definition) is 3. The van der Waals surface area contributed by atoms with Gasteiger partial charge in [0.1, 0.15) is 23.9 Å². The molecule has 0 atom stereocenters. The maximum Gasteiger partial charge on any atom is 0.124 e. The lowest BCUT2D eigenvalue weighted by molar-refractivity contribution is 0.303. The molecule has 0 saturated carbocycles. The van der Waals surface area contributed by atoms with Gasteiger partial charge >= 0.3 is 0 Å². The normalized spacial score (nSPS) is 9.67. The molecule has 0 aliphatic heterocycles. The average molecular weight is 285 g/mol. The molecule has 2 aromatic carbocycles. The smallest absolute Gasteiger partial charge is 0.124 e. The van der Waals surface area contributed by atoms with Crippen LogP contribution in [-0.4, -0.2) is 13.7 Å². The van der Waals surface area contributed by atoms with Gasteiger partial charge < -0.3 is 15.2 Å². The van der Waals surface area contributed by atoms with E-state index in [0.717, 1.165) is 0 Å². The van der Waals surface area contributed by atoms with Gasteiger partial charge in [0.15, 0.2) is 0 Å². The second kappa shape index (κ2) is 7.32. The van der Waals surface area contributed by atoms with E-state index in [1.165, 1.54) is 12.1 Å². The maximum absolute atomic E-state index is 13.5. The van der Waals surface area contributed by atoms with Crippen LogP contribution in [0.1, 0.15) is 11.1 Å². The first-order valence-electron chi connectivity index (χ1n) is 6.46. The van der Waals surface area contributed by atoms with Crippen LogP contribution >= 0.6 is 0 Å². The summed E-state index contributed by atoms with van der Waals surface area (Å²) < 4.78 is 24.3. The van der Waals surface area contributed by atoms with Gasteiger partial charge in [0.05, 0.1) is 13.7 Å². The van der Waals surface area contributed by atoms with E-state index in [2.05, 4.69) is 11.8 Å². The molecule has 3 nitrogen and oxygen atoms in total. The highest BCUT2D eigenvalue weighted by Gasteiger charge is 2.02. The van der Waals surface area contributed by atoms with Gasteiger partial charge in [-0.3, -0.25) is 0 Å². The maximum atomic E-state index is 13.5. The quantitative estimate of drug-likeness (QED) is 0.878. The second-order valence-corrected chi connectivity index (χ2v) is 4.32. The molecule has 0 amide bonds. The molecule has 2 aromatic rings. The third kappa shape index (κ3) is 4.51. The number of nitrogens with two attached hydrogens (primary N) is 1. The molecule has 0 spiro atoms. The number of ether oxygens (including phenoxy) is 2. The van der Waals surface area contributed by atoms with Crippen LogP contribution < -0.4 is 15.2 Å². The van der Waals surface area contributed by atoms with E-state index in [0.29, 0.717) is 22.6 Å². The highest BCUT2D eigenvalue weighted by molar-refractivity contribution is 5.38. The number of hydrogen-bond donors (Lipinski definition) is 1. The Bertz CT molecular complexity index is 674. The van der Waals surface area contributed by atoms with Crippen molar-refractivity contribution in [2.45, 2.75) is 6.61 Å². The summed E-state index contributed by atoms with van der Waals surface area (Å²) in [5.74, 6) is 6.54. The molecule has 0 unspecified atom stereocenters. The molecule has 0 aliphatic rings. The van der Waals surface area contributed by atoms with Crippen LogP contribution in [0.4, 0.5) is 4.39 Å². The minimum absolute atomic E-state index is 0.242. The summed E-state index contributed by atoms with van der Waals surface area (Å²) in [6.07, 6.45) is 0. The Kier molecular flexibility index (Phi) is 5.19. The molecular weight excluding hydrogens is 269 g/mol. The summed E-state index contributed by atoms with van der Waals surface area (Å²) >= 11 is 0. The van der Waals surface area contributed by atoms with Gasteiger partial charge in [-0.15, -0.1) is 0 Å². The third-order valence-corrected chi connectivity index (χ3v) is 2.74. The molecule has 0 fully saturated rings. The van der Waals surface area contributed by atoms with Crippen molar-refractivity contribution in [2.24, 2.45) is 5.73 Å². The first-order valence-corrected chi connectivity index (χ1v) is 6.46. The van der Waals surface area contributed by atoms with Crippen LogP contribution in [0.2, 0.25) is 0 Å². The van der Waals surface area contributed by atoms with Crippen LogP contribution in [0, 0.1) is 17.7 Å². The summed E-state index contributed by atoms with van der Waals surface area (Å²) in [5, 5.41) is 0. The van der Waals surface area contributed by atoms with Gasteiger partial charge in [0, 0.05) is 11.6 Å². The Morgan fingerprint density at radius 3 is 2.71 bits per heavy atom. The van der Waals surface area contributed by atoms with E-state index in [-0.39, 0.29) is 19.0 Å². The van der Waals surface area contributed by atoms with E-state index in [9.17, 15) is 4.39 Å². The van der Waals surface area contributed by atoms with Gasteiger partial charge in [-0.05, 0) is 35.9 Å². The Hall–Kier alpha value is -2.51. The number of methoxy groups -OCH3 is 1. The molecule has 0 aromatic heterocycles. The predicted molar refractivity (Wildman–Crippen MR) is 79.7 cm³/mol. The SMILES string of the molecule is COc1cccc(OCc2cc(F)cc(C#CCN)c2)c1. The summed E-state index contributed by atoms with van der Waals surface area (Å²) in [6.45, 7) is 0.494. The zero-order valence-electron chi connectivity index (χ0n) is 11.7. The zero-order chi connectivity index (χ0) is 15.1. The van der Waals surface area contributed by atoms with Crippen LogP contribution in [0.5, 0.6) is 11.5 Å². The first-order chi connectivity index (χ1) is 10.2. The van der Waals surface area contributed by atoms with E-state index in [1.807, 2.05) is 18.2 Å². The van der Waals surface area contributed by atoms with Crippen molar-refractivity contribution in [3.8, 4) is 23.3 Å². The monoisotopic (exact) mass is 285 g/mol. The molecule has 0 heterocycles. The molecule has 0 saturated heterocycles. The van der Waals surface area contributed by atoms with Crippen molar-refractivity contribution < 1.29 is 13.9 Å². The van der Waals surface area contributed by atoms with Crippen molar-refractivity contribution >= 4 is 0 Å². The van der Waals surface area contributed by atoms with Crippen LogP contribution in [0.25, 0.3) is 0 Å². The van der Waals surface area contributed by atoms with Gasteiger partial charge in [0.25, 0.3) is 0 Å². The van der Waals surface area contributed by atoms with Gasteiger partial charge in [-0.25, -0.2) is 4.39 Å². The molecular formula is C17H16FNO2. The highest BCUT2D eigenvalue weighted by atomic mass is 19.1. The summed E-state index contributed by atoms with van der Waals surface area (Å²) in [5.41, 5.74) is 6.61. The predicted octanol–water partition coefficient (Wildman–Crippen LogP) is 2.72. The van der Waals surface area contributed by atoms with Gasteiger partial charge in [-0.1, -0.05) is 17.9 Å². The van der Waals surface area contributed by atoms with Crippen molar-refractivity contribution in [1.82, 2.24) is 0 Å². The minimum atomic E-state index is -0.344. The molecule has 21 heavy (non-hydrogen) atoms. The number of halogens is 1. The Balaban J connectivity index is 2.10. The lowest BCUT2D eigenvalue weighted by Crippen LogP contribution is -1.98. The van der Waals surface area contributed by atoms with Crippen LogP contribution in [-0.2, 0) is 6.61 Å². The van der Waals surface area contributed by atoms with Crippen molar-refractivity contribution in [3.63, 3.8) is 0 Å². The van der Waals surface area contributed by atoms with E-state index < -0.39 is 0 Å². The van der Waals surface area contributed by atoms with Gasteiger partial charge in [-0.2, -0.15) is 0 Å². The zero-order valence-corrected chi connectivity index (χ0v) is 11.7. The Morgan fingerprint density at radius 1 is 1.14 bits per heavy atom. The van der Waals surface area contributed by atoms with Crippen molar-refractivity contribution in [3.05, 3.63) is 59.4 Å². The van der Waals surface area contributed by atoms with E-state index in [4.69, 9.17) is 15.2 Å². The summed E-state index contributed by atoms with van der Waals surface area (Å²) in [4.78, 5) is 0. The number of benzene rings is 2. The Labute approximate surface area is 123 Å². The third-order valence-electron chi connectivity index (χ3n) is 2.74. The summed E-state index contributed by atoms with van der Waals surface area (Å²) in [6, 6.07) is 11.8. The lowest BCUT2D eigenvalue weighted by Gasteiger charge is -2.08. The minimum Gasteiger partial charge on any atom is -0.497 e. The highest BCUT2D eigenvalue weighted by Crippen LogP contribution is 2.20. The van der Waals surface area contributed by atoms with E-state index >= 15 is 0 Å². The average Bonchev–Trinajstić information content (AvgIpc) is 2.50. The first kappa shape index (κ1) is 14.9. The molecule has 0 bridgehead atoms. The van der Waals surface area contributed by atoms with Crippen LogP contribution in [0.3, 0.4) is 0 Å². The number of rotatable bonds is 4. The molecule has 4 heteroatoms. The molecule has 2 rings (SSSR count). The van der Waals surface area contributed by atoms with Crippen LogP contribution in [0.15, 0.2) is 42.5 Å². The summed E-state index contributed by atoms with van der Waals surface area (Å²) in [7, 11) is 1.59. The molecule has 108 valence electrons. The molecule has 0 aliphatic carbocycles. The van der Waals surface area contributed by atoms with Crippen molar-refractivity contribution in [2.75, 3.05) is 13.7 Å². The lowest BCUT2D eigenvalue weighted by atomic mass is 10.1. The largest absolute Gasteiger partial charge is 0.497 e. The standard InChI is InChI=1S/C17H16FNO2/c1-20-16-5-2-6-17(11-16)21-12-14-8-13(4-3-7-19)9-15(18)10-14/h2,5-6,8-11H,7,12,19H2,1H3.